The Bertz CT molecular complexity index is 1130. The number of amides is 1. The van der Waals surface area contributed by atoms with Crippen LogP contribution < -0.4 is 21.9 Å². The van der Waals surface area contributed by atoms with Crippen LogP contribution in [-0.2, 0) is 24.3 Å². The average molecular weight is 445 g/mol. The van der Waals surface area contributed by atoms with Crippen molar-refractivity contribution in [1.82, 2.24) is 9.55 Å². The number of carbonyl (C=O) groups excluding carboxylic acids is 1. The molecule has 0 spiro atoms. The monoisotopic (exact) mass is 444 g/mol. The second-order valence-corrected chi connectivity index (χ2v) is 7.62. The molecule has 0 atom stereocenters. The van der Waals surface area contributed by atoms with Crippen molar-refractivity contribution < 1.29 is 9.21 Å². The normalized spacial score (nSPS) is 10.9. The van der Waals surface area contributed by atoms with Gasteiger partial charge in [-0.15, -0.1) is 0 Å². The van der Waals surface area contributed by atoms with E-state index in [1.165, 1.54) is 15.7 Å². The van der Waals surface area contributed by atoms with Crippen LogP contribution in [0.2, 0.25) is 5.02 Å². The maximum atomic E-state index is 13.2. The Hall–Kier alpha value is -3.26. The number of aryl methyl sites for hydroxylation is 1. The number of hydrogen-bond acceptors (Lipinski definition) is 5. The second-order valence-electron chi connectivity index (χ2n) is 7.18. The minimum Gasteiger partial charge on any atom is -0.467 e. The predicted molar refractivity (Wildman–Crippen MR) is 120 cm³/mol. The second kappa shape index (κ2) is 10.2. The molecule has 0 saturated heterocycles. The first-order valence-electron chi connectivity index (χ1n) is 10.1. The number of nitrogens with one attached hydrogen (secondary N) is 1. The fraction of sp³-hybridized carbons (Fsp3) is 0.318. The first-order chi connectivity index (χ1) is 14.9. The van der Waals surface area contributed by atoms with E-state index in [1.807, 2.05) is 19.1 Å². The van der Waals surface area contributed by atoms with Gasteiger partial charge in [0, 0.05) is 18.0 Å². The van der Waals surface area contributed by atoms with Crippen LogP contribution in [0.4, 0.5) is 11.5 Å². The zero-order valence-corrected chi connectivity index (χ0v) is 18.0. The van der Waals surface area contributed by atoms with E-state index >= 15 is 0 Å². The molecule has 0 fully saturated rings. The highest BCUT2D eigenvalue weighted by Gasteiger charge is 2.25. The third kappa shape index (κ3) is 5.46. The molecule has 0 bridgehead atoms. The summed E-state index contributed by atoms with van der Waals surface area (Å²) in [5.74, 6) is 0.141. The van der Waals surface area contributed by atoms with Gasteiger partial charge in [-0.1, -0.05) is 37.1 Å². The molecule has 31 heavy (non-hydrogen) atoms. The average Bonchev–Trinajstić information content (AvgIpc) is 3.25. The number of nitrogens with two attached hydrogens (primary N) is 1. The van der Waals surface area contributed by atoms with Crippen molar-refractivity contribution in [1.29, 1.82) is 0 Å². The first kappa shape index (κ1) is 22.4. The summed E-state index contributed by atoms with van der Waals surface area (Å²) < 4.78 is 6.67. The topological polar surface area (TPSA) is 114 Å². The quantitative estimate of drug-likeness (QED) is 0.525. The van der Waals surface area contributed by atoms with Crippen LogP contribution in [0, 0.1) is 0 Å². The number of halogens is 1. The summed E-state index contributed by atoms with van der Waals surface area (Å²) in [6, 6.07) is 10.6. The fourth-order valence-electron chi connectivity index (χ4n) is 3.26. The van der Waals surface area contributed by atoms with Crippen LogP contribution in [0.1, 0.15) is 37.5 Å². The summed E-state index contributed by atoms with van der Waals surface area (Å²) >= 11 is 5.92. The largest absolute Gasteiger partial charge is 0.467 e. The fourth-order valence-corrected chi connectivity index (χ4v) is 3.39. The van der Waals surface area contributed by atoms with Crippen LogP contribution in [-0.4, -0.2) is 15.5 Å². The van der Waals surface area contributed by atoms with Crippen molar-refractivity contribution in [3.8, 4) is 0 Å². The van der Waals surface area contributed by atoms with Gasteiger partial charge in [0.1, 0.15) is 11.6 Å². The molecule has 0 aliphatic rings. The molecule has 9 heteroatoms. The lowest BCUT2D eigenvalue weighted by atomic mass is 10.1. The molecule has 1 aromatic carbocycles. The molecule has 3 N–H and O–H groups in total. The van der Waals surface area contributed by atoms with Gasteiger partial charge in [0.25, 0.3) is 5.56 Å². The van der Waals surface area contributed by atoms with Gasteiger partial charge in [0.05, 0.1) is 12.8 Å². The number of carbonyl (C=O) groups is 1. The maximum Gasteiger partial charge on any atom is 0.330 e. The summed E-state index contributed by atoms with van der Waals surface area (Å²) in [7, 11) is 0. The molecule has 3 rings (SSSR count). The SMILES string of the molecule is CCCCn1c(N)c(N(Cc2ccco2)C(=O)CCc2ccc(Cl)cc2)c(=O)[nH]c1=O. The summed E-state index contributed by atoms with van der Waals surface area (Å²) in [6.45, 7) is 2.35. The molecule has 0 aliphatic carbocycles. The molecule has 2 heterocycles. The van der Waals surface area contributed by atoms with Crippen LogP contribution in [0.3, 0.4) is 0 Å². The Kier molecular flexibility index (Phi) is 7.36. The summed E-state index contributed by atoms with van der Waals surface area (Å²) in [4.78, 5) is 41.7. The van der Waals surface area contributed by atoms with E-state index in [1.54, 1.807) is 24.3 Å². The third-order valence-corrected chi connectivity index (χ3v) is 5.21. The predicted octanol–water partition coefficient (Wildman–Crippen LogP) is 3.33. The van der Waals surface area contributed by atoms with E-state index in [0.29, 0.717) is 30.2 Å². The van der Waals surface area contributed by atoms with E-state index in [4.69, 9.17) is 21.8 Å². The molecule has 0 aliphatic heterocycles. The highest BCUT2D eigenvalue weighted by Crippen LogP contribution is 2.22. The molecule has 3 aromatic rings. The maximum absolute atomic E-state index is 13.2. The number of hydrogen-bond donors (Lipinski definition) is 2. The minimum atomic E-state index is -0.707. The van der Waals surface area contributed by atoms with Gasteiger partial charge in [-0.2, -0.15) is 0 Å². The van der Waals surface area contributed by atoms with Crippen LogP contribution in [0.15, 0.2) is 56.7 Å². The number of nitrogens with zero attached hydrogens (tertiary/aromatic N) is 2. The number of rotatable bonds is 9. The Morgan fingerprint density at radius 3 is 2.61 bits per heavy atom. The first-order valence-corrected chi connectivity index (χ1v) is 10.5. The molecule has 0 radical (unpaired) electrons. The lowest BCUT2D eigenvalue weighted by Gasteiger charge is -2.24. The van der Waals surface area contributed by atoms with E-state index in [9.17, 15) is 14.4 Å². The van der Waals surface area contributed by atoms with Gasteiger partial charge in [0.15, 0.2) is 5.69 Å². The van der Waals surface area contributed by atoms with E-state index in [0.717, 1.165) is 12.0 Å². The molecule has 2 aromatic heterocycles. The highest BCUT2D eigenvalue weighted by molar-refractivity contribution is 6.30. The number of H-pyrrole nitrogens is 1. The van der Waals surface area contributed by atoms with Gasteiger partial charge >= 0.3 is 5.69 Å². The standard InChI is InChI=1S/C22H25ClN4O4/c1-2-3-12-26-20(24)19(21(29)25-22(26)30)27(14-17-5-4-13-31-17)18(28)11-8-15-6-9-16(23)10-7-15/h4-7,9-10,13H,2-3,8,11-12,14,24H2,1H3,(H,25,29,30). The Morgan fingerprint density at radius 2 is 1.97 bits per heavy atom. The van der Waals surface area contributed by atoms with Crippen molar-refractivity contribution >= 4 is 29.0 Å². The molecule has 0 saturated carbocycles. The number of aromatic amines is 1. The minimum absolute atomic E-state index is 0.0196. The Morgan fingerprint density at radius 1 is 1.23 bits per heavy atom. The molecule has 1 amide bonds. The Balaban J connectivity index is 1.95. The molecular formula is C22H25ClN4O4. The number of benzene rings is 1. The lowest BCUT2D eigenvalue weighted by Crippen LogP contribution is -2.41. The lowest BCUT2D eigenvalue weighted by molar-refractivity contribution is -0.118. The molecular weight excluding hydrogens is 420 g/mol. The molecule has 0 unspecified atom stereocenters. The van der Waals surface area contributed by atoms with Crippen LogP contribution in [0.25, 0.3) is 0 Å². The van der Waals surface area contributed by atoms with Crippen molar-refractivity contribution in [2.75, 3.05) is 10.6 Å². The number of unbranched alkanes of at least 4 members (excludes halogenated alkanes) is 1. The van der Waals surface area contributed by atoms with Crippen molar-refractivity contribution in [2.24, 2.45) is 0 Å². The summed E-state index contributed by atoms with van der Waals surface area (Å²) in [5, 5.41) is 0.614. The molecule has 164 valence electrons. The van der Waals surface area contributed by atoms with Crippen LogP contribution in [0.5, 0.6) is 0 Å². The number of aromatic nitrogens is 2. The zero-order chi connectivity index (χ0) is 22.4. The summed E-state index contributed by atoms with van der Waals surface area (Å²) in [6.07, 6.45) is 3.63. The van der Waals surface area contributed by atoms with Crippen LogP contribution >= 0.6 is 11.6 Å². The number of nitrogen functional groups attached to an aromatic ring is 1. The van der Waals surface area contributed by atoms with Gasteiger partial charge < -0.3 is 10.2 Å². The van der Waals surface area contributed by atoms with Crippen molar-refractivity contribution in [2.45, 2.75) is 45.7 Å². The number of furan rings is 1. The summed E-state index contributed by atoms with van der Waals surface area (Å²) in [5.41, 5.74) is 5.81. The number of anilines is 2. The van der Waals surface area contributed by atoms with E-state index in [-0.39, 0.29) is 30.4 Å². The van der Waals surface area contributed by atoms with Gasteiger partial charge in [0.2, 0.25) is 5.91 Å². The zero-order valence-electron chi connectivity index (χ0n) is 17.3. The van der Waals surface area contributed by atoms with Crippen molar-refractivity contribution in [3.63, 3.8) is 0 Å². The van der Waals surface area contributed by atoms with Gasteiger partial charge in [-0.3, -0.25) is 24.0 Å². The van der Waals surface area contributed by atoms with Gasteiger partial charge in [-0.25, -0.2) is 4.79 Å². The van der Waals surface area contributed by atoms with Gasteiger partial charge in [-0.05, 0) is 42.7 Å². The van der Waals surface area contributed by atoms with Crippen molar-refractivity contribution in [3.05, 3.63) is 79.8 Å². The van der Waals surface area contributed by atoms with E-state index < -0.39 is 11.2 Å². The third-order valence-electron chi connectivity index (χ3n) is 4.96. The van der Waals surface area contributed by atoms with E-state index in [2.05, 4.69) is 4.98 Å². The highest BCUT2D eigenvalue weighted by atomic mass is 35.5. The Labute approximate surface area is 184 Å². The molecule has 8 nitrogen and oxygen atoms in total. The smallest absolute Gasteiger partial charge is 0.330 e.